The minimum atomic E-state index is -1.90. The van der Waals surface area contributed by atoms with Crippen LogP contribution in [0.25, 0.3) is 0 Å². The van der Waals surface area contributed by atoms with Gasteiger partial charge in [0.1, 0.15) is 0 Å². The fourth-order valence-corrected chi connectivity index (χ4v) is 24.1. The second kappa shape index (κ2) is 21.3. The van der Waals surface area contributed by atoms with E-state index in [1.165, 1.54) is 54.4 Å². The van der Waals surface area contributed by atoms with E-state index in [-0.39, 0.29) is 4.61 Å². The monoisotopic (exact) mass is 1290 g/mol. The standard InChI is InChI=1S/6C7H7.2CIO.Ir.2Sb.H/c6*1-7-5-3-2-4-6-7;2*2-1-3;;;;/h6*3-6H,1H3;;;;;;. The van der Waals surface area contributed by atoms with Gasteiger partial charge in [-0.2, -0.15) is 0 Å². The third kappa shape index (κ3) is 14.0. The quantitative estimate of drug-likeness (QED) is 0.0877. The number of hydrogen-bond acceptors (Lipinski definition) is 2. The number of aryl methyl sites for hydroxylation is 6. The van der Waals surface area contributed by atoms with E-state index in [0.717, 1.165) is 0 Å². The summed E-state index contributed by atoms with van der Waals surface area (Å²) in [5.41, 5.74) is 7.98. The van der Waals surface area contributed by atoms with Crippen LogP contribution in [0.5, 0.6) is 0 Å². The van der Waals surface area contributed by atoms with Crippen molar-refractivity contribution in [3.8, 4) is 0 Å². The Morgan fingerprint density at radius 1 is 0.333 bits per heavy atom. The van der Waals surface area contributed by atoms with Gasteiger partial charge >= 0.3 is 359 Å². The summed E-state index contributed by atoms with van der Waals surface area (Å²) in [6.07, 6.45) is 0. The Morgan fingerprint density at radius 2 is 0.471 bits per heavy atom. The molecule has 0 unspecified atom stereocenters. The molecule has 6 aromatic rings. The first-order valence-corrected chi connectivity index (χ1v) is 28.8. The van der Waals surface area contributed by atoms with Crippen LogP contribution < -0.4 is 21.1 Å². The molecule has 0 aliphatic heterocycles. The number of carbonyl (C=O) groups excluding carboxylic acids is 2. The molecule has 0 aromatic heterocycles. The van der Waals surface area contributed by atoms with Crippen LogP contribution in [0.15, 0.2) is 146 Å². The van der Waals surface area contributed by atoms with E-state index in [0.29, 0.717) is 0 Å². The van der Waals surface area contributed by atoms with E-state index in [9.17, 15) is 9.59 Å². The van der Waals surface area contributed by atoms with Crippen molar-refractivity contribution in [1.29, 1.82) is 0 Å². The topological polar surface area (TPSA) is 34.1 Å². The SMILES string of the molecule is Cc1cc[c]([Sb]([c]2ccc(C)cc2)[c]2ccc(C)cc2)cc1.Cc1cc[c]([Sb]([c]2ccc(C)cc2)[c]2ccc(C)cc2)cc1.O=[C](I)[IrH][C](=O)I. The van der Waals surface area contributed by atoms with Crippen molar-refractivity contribution < 1.29 is 27.3 Å². The first-order chi connectivity index (χ1) is 24.4. The molecule has 0 fully saturated rings. The van der Waals surface area contributed by atoms with Crippen molar-refractivity contribution >= 4 is 111 Å². The van der Waals surface area contributed by atoms with Gasteiger partial charge in [0.15, 0.2) is 0 Å². The fourth-order valence-electron chi connectivity index (χ4n) is 5.11. The Hall–Kier alpha value is -1.59. The normalized spacial score (nSPS) is 10.6. The molecule has 0 heterocycles. The Labute approximate surface area is 354 Å². The van der Waals surface area contributed by atoms with Crippen molar-refractivity contribution in [2.24, 2.45) is 0 Å². The van der Waals surface area contributed by atoms with Crippen LogP contribution in [0.3, 0.4) is 0 Å². The van der Waals surface area contributed by atoms with Gasteiger partial charge < -0.3 is 0 Å². The molecule has 6 rings (SSSR count). The zero-order valence-corrected chi connectivity index (χ0v) is 41.6. The summed E-state index contributed by atoms with van der Waals surface area (Å²) in [6.45, 7) is 12.9. The molecule has 2 nitrogen and oxygen atoms in total. The second-order valence-corrected chi connectivity index (χ2v) is 34.6. The molecule has 0 aliphatic rings. The fraction of sp³-hybridized carbons (Fsp3) is 0.136. The third-order valence-corrected chi connectivity index (χ3v) is 26.0. The summed E-state index contributed by atoms with van der Waals surface area (Å²) in [5, 5.41) is 0. The molecule has 0 spiro atoms. The molecule has 0 radical (unpaired) electrons. The van der Waals surface area contributed by atoms with Gasteiger partial charge in [-0.15, -0.1) is 0 Å². The van der Waals surface area contributed by atoms with Crippen molar-refractivity contribution in [3.05, 3.63) is 179 Å². The molecule has 0 atom stereocenters. The van der Waals surface area contributed by atoms with Crippen LogP contribution in [-0.2, 0) is 17.7 Å². The van der Waals surface area contributed by atoms with Crippen LogP contribution in [0.4, 0.5) is 9.59 Å². The molecule has 0 saturated heterocycles. The second-order valence-electron chi connectivity index (χ2n) is 12.2. The van der Waals surface area contributed by atoms with E-state index in [4.69, 9.17) is 0 Å². The zero-order valence-electron chi connectivity index (χ0n) is 29.7. The van der Waals surface area contributed by atoms with E-state index in [2.05, 4.69) is 187 Å². The molecule has 0 aliphatic carbocycles. The summed E-state index contributed by atoms with van der Waals surface area (Å²) in [7, 11) is 0. The molecule has 264 valence electrons. The van der Waals surface area contributed by atoms with Crippen LogP contribution in [0.1, 0.15) is 33.4 Å². The zero-order chi connectivity index (χ0) is 36.9. The van der Waals surface area contributed by atoms with Crippen LogP contribution in [-0.4, -0.2) is 45.0 Å². The van der Waals surface area contributed by atoms with Crippen molar-refractivity contribution in [2.75, 3.05) is 0 Å². The Morgan fingerprint density at radius 3 is 0.569 bits per heavy atom. The Balaban J connectivity index is 0.000000193. The van der Waals surface area contributed by atoms with Gasteiger partial charge in [-0.3, -0.25) is 0 Å². The van der Waals surface area contributed by atoms with Gasteiger partial charge in [0.05, 0.1) is 0 Å². The van der Waals surface area contributed by atoms with E-state index >= 15 is 0 Å². The number of halogens is 2. The molecule has 0 saturated carbocycles. The maximum absolute atomic E-state index is 10.1. The molecular formula is C44H43I2IrO2Sb2. The number of rotatable bonds is 8. The van der Waals surface area contributed by atoms with Gasteiger partial charge in [-0.05, 0) is 0 Å². The van der Waals surface area contributed by atoms with Gasteiger partial charge in [-0.1, -0.05) is 0 Å². The van der Waals surface area contributed by atoms with Crippen LogP contribution in [0, 0.1) is 41.5 Å². The third-order valence-electron chi connectivity index (χ3n) is 7.89. The average molecular weight is 1290 g/mol. The van der Waals surface area contributed by atoms with E-state index < -0.39 is 58.1 Å². The van der Waals surface area contributed by atoms with Gasteiger partial charge in [0.25, 0.3) is 0 Å². The number of hydrogen-bond donors (Lipinski definition) is 0. The van der Waals surface area contributed by atoms with Gasteiger partial charge in [0, 0.05) is 0 Å². The first-order valence-electron chi connectivity index (χ1n) is 16.4. The molecule has 0 bridgehead atoms. The van der Waals surface area contributed by atoms with Crippen LogP contribution in [0.2, 0.25) is 0 Å². The Bertz CT molecular complexity index is 1630. The summed E-state index contributed by atoms with van der Waals surface area (Å²) in [6, 6.07) is 54.9. The summed E-state index contributed by atoms with van der Waals surface area (Å²) in [4.78, 5) is 20.2. The average Bonchev–Trinajstić information content (AvgIpc) is 3.10. The molecular weight excluding hydrogens is 1250 g/mol. The van der Waals surface area contributed by atoms with Crippen molar-refractivity contribution in [3.63, 3.8) is 0 Å². The van der Waals surface area contributed by atoms with E-state index in [1.807, 2.05) is 0 Å². The minimum absolute atomic E-state index is 0.0389. The Kier molecular flexibility index (Phi) is 17.6. The van der Waals surface area contributed by atoms with Crippen LogP contribution >= 0.6 is 45.2 Å². The first kappa shape index (κ1) is 42.2. The number of carbonyl (C=O) groups is 2. The summed E-state index contributed by atoms with van der Waals surface area (Å²) < 4.78 is 9.25. The summed E-state index contributed by atoms with van der Waals surface area (Å²) >= 11 is -1.52. The van der Waals surface area contributed by atoms with Crippen molar-refractivity contribution in [1.82, 2.24) is 0 Å². The predicted octanol–water partition coefficient (Wildman–Crippen LogP) is 8.17. The molecule has 51 heavy (non-hydrogen) atoms. The molecule has 6 aromatic carbocycles. The predicted molar refractivity (Wildman–Crippen MR) is 237 cm³/mol. The van der Waals surface area contributed by atoms with Crippen molar-refractivity contribution in [2.45, 2.75) is 41.5 Å². The number of benzene rings is 6. The molecule has 0 amide bonds. The van der Waals surface area contributed by atoms with Gasteiger partial charge in [-0.25, -0.2) is 0 Å². The molecule has 0 N–H and O–H groups in total. The maximum atomic E-state index is 10.1. The summed E-state index contributed by atoms with van der Waals surface area (Å²) in [5.74, 6) is 0. The molecule has 7 heteroatoms. The van der Waals surface area contributed by atoms with Gasteiger partial charge in [0.2, 0.25) is 0 Å². The van der Waals surface area contributed by atoms with E-state index in [1.54, 1.807) is 45.2 Å².